The molecular formula is C55H76N4O6Si. The van der Waals surface area contributed by atoms with Gasteiger partial charge < -0.3 is 29.4 Å². The second kappa shape index (κ2) is 26.3. The lowest BCUT2D eigenvalue weighted by molar-refractivity contribution is -0.132. The maximum Gasteiger partial charge on any atom is 0.227 e. The first-order valence-electron chi connectivity index (χ1n) is 24.2. The molecule has 0 atom stereocenters. The van der Waals surface area contributed by atoms with Crippen molar-refractivity contribution in [3.05, 3.63) is 144 Å². The van der Waals surface area contributed by atoms with Crippen molar-refractivity contribution in [2.45, 2.75) is 89.9 Å². The van der Waals surface area contributed by atoms with Crippen LogP contribution < -0.4 is 0 Å². The summed E-state index contributed by atoms with van der Waals surface area (Å²) in [5, 5.41) is 10.1. The van der Waals surface area contributed by atoms with Crippen LogP contribution in [-0.2, 0) is 49.6 Å². The Balaban J connectivity index is 0.000000228. The molecule has 3 saturated heterocycles. The normalized spacial score (nSPS) is 16.3. The van der Waals surface area contributed by atoms with Crippen LogP contribution in [0.15, 0.2) is 121 Å². The molecule has 0 bridgehead atoms. The number of aliphatic hydroxyl groups is 1. The molecule has 0 radical (unpaired) electrons. The third kappa shape index (κ3) is 17.3. The van der Waals surface area contributed by atoms with Gasteiger partial charge in [0.1, 0.15) is 0 Å². The number of carbonyl (C=O) groups excluding carboxylic acids is 4. The molecule has 0 aromatic heterocycles. The summed E-state index contributed by atoms with van der Waals surface area (Å²) in [5.74, 6) is 0.610. The lowest BCUT2D eigenvalue weighted by atomic mass is 10.0. The van der Waals surface area contributed by atoms with Crippen LogP contribution in [0.5, 0.6) is 0 Å². The van der Waals surface area contributed by atoms with E-state index in [2.05, 4.69) is 33.9 Å². The van der Waals surface area contributed by atoms with Crippen molar-refractivity contribution < 1.29 is 29.0 Å². The smallest absolute Gasteiger partial charge is 0.227 e. The summed E-state index contributed by atoms with van der Waals surface area (Å²) >= 11 is 0. The molecule has 356 valence electrons. The molecule has 10 nitrogen and oxygen atoms in total. The van der Waals surface area contributed by atoms with E-state index in [1.165, 1.54) is 18.9 Å². The van der Waals surface area contributed by atoms with Gasteiger partial charge in [0.25, 0.3) is 0 Å². The molecule has 0 spiro atoms. The van der Waals surface area contributed by atoms with Crippen molar-refractivity contribution in [1.82, 2.24) is 19.6 Å². The highest BCUT2D eigenvalue weighted by Gasteiger charge is 2.36. The monoisotopic (exact) mass is 917 g/mol. The molecule has 4 amide bonds. The van der Waals surface area contributed by atoms with Gasteiger partial charge in [-0.1, -0.05) is 161 Å². The van der Waals surface area contributed by atoms with E-state index in [1.807, 2.05) is 131 Å². The lowest BCUT2D eigenvalue weighted by Gasteiger charge is -2.38. The molecule has 3 aliphatic heterocycles. The second-order valence-electron chi connectivity index (χ2n) is 19.9. The van der Waals surface area contributed by atoms with Gasteiger partial charge in [-0.25, -0.2) is 0 Å². The average Bonchev–Trinajstić information content (AvgIpc) is 3.73. The Morgan fingerprint density at radius 1 is 0.515 bits per heavy atom. The van der Waals surface area contributed by atoms with Crippen LogP contribution >= 0.6 is 0 Å². The highest BCUT2D eigenvalue weighted by atomic mass is 28.3. The summed E-state index contributed by atoms with van der Waals surface area (Å²) in [5.41, 5.74) is 4.05. The summed E-state index contributed by atoms with van der Waals surface area (Å²) in [6, 6.07) is 40.5. The van der Waals surface area contributed by atoms with Crippen molar-refractivity contribution in [3.8, 4) is 0 Å². The largest absolute Gasteiger partial charge is 0.396 e. The van der Waals surface area contributed by atoms with Crippen molar-refractivity contribution >= 4 is 31.7 Å². The SMILES string of the molecule is C1CCOC1.CC(C)(C)[Si](C)(C)CCC1CN(C(=O)Cc2ccccc2)CCN(C(=O)Cc2ccccc2)C1.O=C(Cc1ccccc1)N1CCN(C(=O)Cc2ccccc2)CC(CO)C1. The minimum atomic E-state index is -1.43. The number of carbonyl (C=O) groups is 4. The third-order valence-corrected chi connectivity index (χ3v) is 19.3. The van der Waals surface area contributed by atoms with E-state index in [0.29, 0.717) is 75.9 Å². The van der Waals surface area contributed by atoms with Gasteiger partial charge in [0.2, 0.25) is 23.6 Å². The van der Waals surface area contributed by atoms with Gasteiger partial charge in [-0.3, -0.25) is 19.2 Å². The number of nitrogens with zero attached hydrogens (tertiary/aromatic N) is 4. The minimum absolute atomic E-state index is 0.0375. The fraction of sp³-hybridized carbons (Fsp3) is 0.491. The minimum Gasteiger partial charge on any atom is -0.396 e. The zero-order valence-electron chi connectivity index (χ0n) is 40.4. The van der Waals surface area contributed by atoms with Gasteiger partial charge in [0.15, 0.2) is 0 Å². The third-order valence-electron chi connectivity index (χ3n) is 13.7. The molecule has 7 rings (SSSR count). The quantitative estimate of drug-likeness (QED) is 0.144. The number of rotatable bonds is 12. The summed E-state index contributed by atoms with van der Waals surface area (Å²) in [6.45, 7) is 18.7. The molecule has 3 aliphatic rings. The van der Waals surface area contributed by atoms with Crippen molar-refractivity contribution in [1.29, 1.82) is 0 Å². The van der Waals surface area contributed by atoms with Crippen molar-refractivity contribution in [2.75, 3.05) is 72.2 Å². The Morgan fingerprint density at radius 2 is 0.803 bits per heavy atom. The number of hydrogen-bond donors (Lipinski definition) is 1. The Labute approximate surface area is 396 Å². The molecule has 0 aliphatic carbocycles. The molecule has 66 heavy (non-hydrogen) atoms. The standard InChI is InChI=1S/C29H42N2O2Si.C22H26N2O3.C4H8O/c1-29(2,3)34(4,5)19-16-26-22-30(27(32)20-24-12-8-6-9-13-24)17-18-31(23-26)28(33)21-25-14-10-7-11-15-25;25-17-20-15-23(21(26)13-18-7-3-1-4-8-18)11-12-24(16-20)22(27)14-19-9-5-2-6-10-19;1-2-4-5-3-1/h6-15,26H,16-23H2,1-5H3;1-10,20,25H,11-17H2;1-4H2. The summed E-state index contributed by atoms with van der Waals surface area (Å²) in [6.07, 6.45) is 5.16. The van der Waals surface area contributed by atoms with Gasteiger partial charge in [0.05, 0.1) is 33.8 Å². The Morgan fingerprint density at radius 3 is 1.05 bits per heavy atom. The molecule has 4 aromatic rings. The Kier molecular flexibility index (Phi) is 20.7. The van der Waals surface area contributed by atoms with Crippen LogP contribution in [0.1, 0.15) is 62.3 Å². The fourth-order valence-electron chi connectivity index (χ4n) is 8.39. The van der Waals surface area contributed by atoms with Gasteiger partial charge in [-0.05, 0) is 52.5 Å². The van der Waals surface area contributed by atoms with Crippen LogP contribution in [0.3, 0.4) is 0 Å². The molecule has 3 heterocycles. The van der Waals surface area contributed by atoms with Crippen molar-refractivity contribution in [2.24, 2.45) is 11.8 Å². The maximum absolute atomic E-state index is 13.2. The molecular weight excluding hydrogens is 841 g/mol. The van der Waals surface area contributed by atoms with Crippen LogP contribution in [0, 0.1) is 11.8 Å². The zero-order valence-corrected chi connectivity index (χ0v) is 41.4. The van der Waals surface area contributed by atoms with Gasteiger partial charge in [-0.2, -0.15) is 0 Å². The first-order valence-corrected chi connectivity index (χ1v) is 27.4. The number of hydrogen-bond acceptors (Lipinski definition) is 6. The predicted molar refractivity (Wildman–Crippen MR) is 268 cm³/mol. The summed E-state index contributed by atoms with van der Waals surface area (Å²) in [7, 11) is -1.43. The summed E-state index contributed by atoms with van der Waals surface area (Å²) in [4.78, 5) is 59.4. The first kappa shape index (κ1) is 51.9. The first-order chi connectivity index (χ1) is 31.7. The molecule has 11 heteroatoms. The van der Waals surface area contributed by atoms with E-state index in [-0.39, 0.29) is 36.2 Å². The molecule has 3 fully saturated rings. The van der Waals surface area contributed by atoms with E-state index in [9.17, 15) is 24.3 Å². The number of amides is 4. The van der Waals surface area contributed by atoms with Crippen molar-refractivity contribution in [3.63, 3.8) is 0 Å². The number of benzene rings is 4. The van der Waals surface area contributed by atoms with E-state index >= 15 is 0 Å². The second-order valence-corrected chi connectivity index (χ2v) is 25.7. The van der Waals surface area contributed by atoms with E-state index in [4.69, 9.17) is 4.74 Å². The Bertz CT molecular complexity index is 1930. The van der Waals surface area contributed by atoms with Crippen LogP contribution in [0.2, 0.25) is 24.2 Å². The number of ether oxygens (including phenoxy) is 1. The highest BCUT2D eigenvalue weighted by Crippen LogP contribution is 2.40. The van der Waals surface area contributed by atoms with Crippen LogP contribution in [0.25, 0.3) is 0 Å². The molecule has 1 N–H and O–H groups in total. The van der Waals surface area contributed by atoms with Gasteiger partial charge >= 0.3 is 0 Å². The Hall–Kier alpha value is -5.10. The highest BCUT2D eigenvalue weighted by molar-refractivity contribution is 6.80. The number of aliphatic hydroxyl groups excluding tert-OH is 1. The fourth-order valence-corrected chi connectivity index (χ4v) is 10.3. The molecule has 4 aromatic carbocycles. The maximum atomic E-state index is 13.2. The van der Waals surface area contributed by atoms with Gasteiger partial charge in [-0.15, -0.1) is 0 Å². The molecule has 0 unspecified atom stereocenters. The van der Waals surface area contributed by atoms with Gasteiger partial charge in [0, 0.05) is 78.1 Å². The predicted octanol–water partition coefficient (Wildman–Crippen LogP) is 8.21. The topological polar surface area (TPSA) is 111 Å². The van der Waals surface area contributed by atoms with Crippen LogP contribution in [0.4, 0.5) is 0 Å². The summed E-state index contributed by atoms with van der Waals surface area (Å²) < 4.78 is 4.94. The van der Waals surface area contributed by atoms with Crippen LogP contribution in [-0.4, -0.2) is 129 Å². The lowest BCUT2D eigenvalue weighted by Crippen LogP contribution is -2.40. The molecule has 0 saturated carbocycles. The average molecular weight is 917 g/mol. The van der Waals surface area contributed by atoms with E-state index in [1.54, 1.807) is 9.80 Å². The zero-order chi connectivity index (χ0) is 47.4. The van der Waals surface area contributed by atoms with E-state index < -0.39 is 8.07 Å². The van der Waals surface area contributed by atoms with E-state index in [0.717, 1.165) is 55.0 Å².